The van der Waals surface area contributed by atoms with Gasteiger partial charge in [-0.15, -0.1) is 0 Å². The highest BCUT2D eigenvalue weighted by atomic mass is 79.9. The first-order valence-electron chi connectivity index (χ1n) is 7.05. The number of halogens is 1. The lowest BCUT2D eigenvalue weighted by Gasteiger charge is -2.00. The Morgan fingerprint density at radius 1 is 1.13 bits per heavy atom. The normalized spacial score (nSPS) is 11.2. The summed E-state index contributed by atoms with van der Waals surface area (Å²) >= 11 is 3.43. The molecular weight excluding hydrogens is 350 g/mol. The minimum absolute atomic E-state index is 0.285. The van der Waals surface area contributed by atoms with E-state index in [0.29, 0.717) is 5.57 Å². The van der Waals surface area contributed by atoms with Crippen molar-refractivity contribution >= 4 is 38.5 Å². The van der Waals surface area contributed by atoms with Gasteiger partial charge in [0.2, 0.25) is 0 Å². The number of allylic oxidation sites excluding steroid dienone is 1. The molecule has 0 unspecified atom stereocenters. The third-order valence-electron chi connectivity index (χ3n) is 3.62. The number of para-hydroxylation sites is 1. The number of aromatic nitrogens is 1. The van der Waals surface area contributed by atoms with Crippen LogP contribution in [0.4, 0.5) is 0 Å². The maximum atomic E-state index is 9.52. The average molecular weight is 362 g/mol. The fourth-order valence-electron chi connectivity index (χ4n) is 2.59. The summed E-state index contributed by atoms with van der Waals surface area (Å²) in [6.45, 7) is 0.285. The molecule has 2 aromatic carbocycles. The van der Waals surface area contributed by atoms with E-state index in [0.717, 1.165) is 26.5 Å². The van der Waals surface area contributed by atoms with E-state index >= 15 is 0 Å². The molecule has 4 heteroatoms. The summed E-state index contributed by atoms with van der Waals surface area (Å²) in [4.78, 5) is 0. The van der Waals surface area contributed by atoms with Crippen LogP contribution >= 0.6 is 15.9 Å². The van der Waals surface area contributed by atoms with Gasteiger partial charge < -0.3 is 4.57 Å². The smallest absolute Gasteiger partial charge is 0.110 e. The second-order valence-corrected chi connectivity index (χ2v) is 5.98. The Hall–Kier alpha value is -2.82. The van der Waals surface area contributed by atoms with E-state index in [1.165, 1.54) is 0 Å². The third kappa shape index (κ3) is 3.04. The van der Waals surface area contributed by atoms with E-state index in [4.69, 9.17) is 5.26 Å². The van der Waals surface area contributed by atoms with Gasteiger partial charge in [-0.2, -0.15) is 10.5 Å². The zero-order valence-electron chi connectivity index (χ0n) is 12.2. The van der Waals surface area contributed by atoms with Gasteiger partial charge in [-0.05, 0) is 29.8 Å². The summed E-state index contributed by atoms with van der Waals surface area (Å²) in [6, 6.07) is 20.0. The Morgan fingerprint density at radius 3 is 2.70 bits per heavy atom. The van der Waals surface area contributed by atoms with Crippen LogP contribution in [-0.2, 0) is 6.54 Å². The van der Waals surface area contributed by atoms with Crippen LogP contribution in [0.2, 0.25) is 0 Å². The molecular formula is C19H12BrN3. The Bertz CT molecular complexity index is 984. The first kappa shape index (κ1) is 15.1. The summed E-state index contributed by atoms with van der Waals surface area (Å²) in [6.07, 6.45) is 3.79. The molecule has 0 radical (unpaired) electrons. The number of rotatable bonds is 3. The predicted octanol–water partition coefficient (Wildman–Crippen LogP) is 4.99. The molecule has 0 saturated carbocycles. The van der Waals surface area contributed by atoms with Crippen molar-refractivity contribution in [1.82, 2.24) is 4.57 Å². The Labute approximate surface area is 142 Å². The van der Waals surface area contributed by atoms with E-state index in [-0.39, 0.29) is 6.54 Å². The fourth-order valence-corrected chi connectivity index (χ4v) is 2.99. The van der Waals surface area contributed by atoms with Gasteiger partial charge in [0.25, 0.3) is 0 Å². The molecule has 0 fully saturated rings. The first-order valence-corrected chi connectivity index (χ1v) is 7.85. The van der Waals surface area contributed by atoms with Crippen LogP contribution in [0, 0.1) is 22.7 Å². The minimum Gasteiger partial charge on any atom is -0.333 e. The molecule has 0 aliphatic rings. The van der Waals surface area contributed by atoms with Crippen LogP contribution in [0.5, 0.6) is 0 Å². The summed E-state index contributed by atoms with van der Waals surface area (Å²) in [7, 11) is 0. The molecule has 3 rings (SSSR count). The Balaban J connectivity index is 2.16. The quantitative estimate of drug-likeness (QED) is 0.616. The SMILES string of the molecule is N#CCn1cc(/C=C(/C#N)c2cccc(Br)c2)c2ccccc21. The summed E-state index contributed by atoms with van der Waals surface area (Å²) in [5, 5.41) is 19.5. The molecule has 1 heterocycles. The lowest BCUT2D eigenvalue weighted by Crippen LogP contribution is -1.91. The van der Waals surface area contributed by atoms with Crippen molar-refractivity contribution < 1.29 is 0 Å². The molecule has 3 nitrogen and oxygen atoms in total. The van der Waals surface area contributed by atoms with E-state index in [1.807, 2.05) is 65.4 Å². The standard InChI is InChI=1S/C19H12BrN3/c20-17-5-3-4-14(11-17)15(12-22)10-16-13-23(9-8-21)19-7-2-1-6-18(16)19/h1-7,10-11,13H,9H2/b15-10-. The fraction of sp³-hybridized carbons (Fsp3) is 0.0526. The van der Waals surface area contributed by atoms with Crippen molar-refractivity contribution in [2.45, 2.75) is 6.54 Å². The van der Waals surface area contributed by atoms with Gasteiger partial charge in [0.1, 0.15) is 6.54 Å². The van der Waals surface area contributed by atoms with Crippen molar-refractivity contribution in [2.24, 2.45) is 0 Å². The van der Waals surface area contributed by atoms with Crippen LogP contribution in [0.1, 0.15) is 11.1 Å². The van der Waals surface area contributed by atoms with E-state index in [2.05, 4.69) is 28.1 Å². The molecule has 23 heavy (non-hydrogen) atoms. The zero-order chi connectivity index (χ0) is 16.2. The van der Waals surface area contributed by atoms with Crippen molar-refractivity contribution in [3.05, 3.63) is 70.3 Å². The number of benzene rings is 2. The van der Waals surface area contributed by atoms with Crippen LogP contribution in [-0.4, -0.2) is 4.57 Å². The molecule has 0 saturated heterocycles. The highest BCUT2D eigenvalue weighted by Crippen LogP contribution is 2.27. The van der Waals surface area contributed by atoms with Crippen LogP contribution in [0.25, 0.3) is 22.6 Å². The predicted molar refractivity (Wildman–Crippen MR) is 95.2 cm³/mol. The average Bonchev–Trinajstić information content (AvgIpc) is 2.91. The first-order chi connectivity index (χ1) is 11.2. The second kappa shape index (κ2) is 6.52. The maximum Gasteiger partial charge on any atom is 0.110 e. The van der Waals surface area contributed by atoms with Crippen LogP contribution < -0.4 is 0 Å². The van der Waals surface area contributed by atoms with Crippen LogP contribution in [0.3, 0.4) is 0 Å². The van der Waals surface area contributed by atoms with E-state index in [1.54, 1.807) is 0 Å². The molecule has 0 bridgehead atoms. The summed E-state index contributed by atoms with van der Waals surface area (Å²) < 4.78 is 2.83. The molecule has 110 valence electrons. The van der Waals surface area contributed by atoms with Gasteiger partial charge in [0.15, 0.2) is 0 Å². The van der Waals surface area contributed by atoms with Crippen molar-refractivity contribution in [1.29, 1.82) is 10.5 Å². The van der Waals surface area contributed by atoms with Crippen LogP contribution in [0.15, 0.2) is 59.2 Å². The number of nitrogens with zero attached hydrogens (tertiary/aromatic N) is 3. The van der Waals surface area contributed by atoms with Gasteiger partial charge >= 0.3 is 0 Å². The van der Waals surface area contributed by atoms with E-state index < -0.39 is 0 Å². The molecule has 0 atom stereocenters. The lowest BCUT2D eigenvalue weighted by molar-refractivity contribution is 0.873. The van der Waals surface area contributed by atoms with Gasteiger partial charge in [0.05, 0.1) is 17.7 Å². The minimum atomic E-state index is 0.285. The van der Waals surface area contributed by atoms with Crippen molar-refractivity contribution in [2.75, 3.05) is 0 Å². The topological polar surface area (TPSA) is 52.5 Å². The highest BCUT2D eigenvalue weighted by Gasteiger charge is 2.08. The zero-order valence-corrected chi connectivity index (χ0v) is 13.8. The molecule has 3 aromatic rings. The van der Waals surface area contributed by atoms with Gasteiger partial charge in [-0.25, -0.2) is 0 Å². The molecule has 0 spiro atoms. The Morgan fingerprint density at radius 2 is 1.96 bits per heavy atom. The van der Waals surface area contributed by atoms with Gasteiger partial charge in [0, 0.05) is 27.1 Å². The third-order valence-corrected chi connectivity index (χ3v) is 4.11. The van der Waals surface area contributed by atoms with Crippen molar-refractivity contribution in [3.63, 3.8) is 0 Å². The summed E-state index contributed by atoms with van der Waals surface area (Å²) in [5.41, 5.74) is 3.38. The number of fused-ring (bicyclic) bond motifs is 1. The molecule has 0 N–H and O–H groups in total. The molecule has 0 aliphatic carbocycles. The second-order valence-electron chi connectivity index (χ2n) is 5.07. The maximum absolute atomic E-state index is 9.52. The largest absolute Gasteiger partial charge is 0.333 e. The highest BCUT2D eigenvalue weighted by molar-refractivity contribution is 9.10. The molecule has 0 aliphatic heterocycles. The number of hydrogen-bond donors (Lipinski definition) is 0. The van der Waals surface area contributed by atoms with E-state index in [9.17, 15) is 5.26 Å². The van der Waals surface area contributed by atoms with Gasteiger partial charge in [-0.3, -0.25) is 0 Å². The monoisotopic (exact) mass is 361 g/mol. The molecule has 1 aromatic heterocycles. The summed E-state index contributed by atoms with van der Waals surface area (Å²) in [5.74, 6) is 0. The number of nitriles is 2. The molecule has 0 amide bonds. The van der Waals surface area contributed by atoms with Gasteiger partial charge in [-0.1, -0.05) is 46.3 Å². The number of hydrogen-bond acceptors (Lipinski definition) is 2. The Kier molecular flexibility index (Phi) is 4.28. The lowest BCUT2D eigenvalue weighted by atomic mass is 10.0. The van der Waals surface area contributed by atoms with Crippen molar-refractivity contribution in [3.8, 4) is 12.1 Å².